The highest BCUT2D eigenvalue weighted by Gasteiger charge is 2.17. The number of amides is 1. The van der Waals surface area contributed by atoms with Gasteiger partial charge in [0.1, 0.15) is 6.54 Å². The fourth-order valence-corrected chi connectivity index (χ4v) is 2.96. The van der Waals surface area contributed by atoms with Gasteiger partial charge in [-0.15, -0.1) is 11.3 Å². The van der Waals surface area contributed by atoms with Crippen LogP contribution in [0.15, 0.2) is 39.4 Å². The maximum atomic E-state index is 12.2. The van der Waals surface area contributed by atoms with Crippen molar-refractivity contribution in [3.05, 3.63) is 55.5 Å². The molecular weight excluding hydrogens is 302 g/mol. The molecule has 1 atom stereocenters. The van der Waals surface area contributed by atoms with Crippen molar-refractivity contribution in [1.29, 1.82) is 0 Å². The molecule has 0 radical (unpaired) electrons. The van der Waals surface area contributed by atoms with E-state index in [0.29, 0.717) is 5.92 Å². The minimum atomic E-state index is -0.584. The van der Waals surface area contributed by atoms with Crippen LogP contribution in [0.1, 0.15) is 31.2 Å². The predicted molar refractivity (Wildman–Crippen MR) is 86.0 cm³/mol. The molecule has 0 spiro atoms. The number of aromatic amines is 1. The van der Waals surface area contributed by atoms with Gasteiger partial charge in [-0.1, -0.05) is 19.9 Å². The highest BCUT2D eigenvalue weighted by molar-refractivity contribution is 7.10. The summed E-state index contributed by atoms with van der Waals surface area (Å²) in [6.45, 7) is 4.08. The normalized spacial score (nSPS) is 12.3. The van der Waals surface area contributed by atoms with Gasteiger partial charge in [0, 0.05) is 17.1 Å². The van der Waals surface area contributed by atoms with Gasteiger partial charge in [-0.3, -0.25) is 19.1 Å². The average molecular weight is 321 g/mol. The predicted octanol–water partition coefficient (Wildman–Crippen LogP) is 1.50. The summed E-state index contributed by atoms with van der Waals surface area (Å²) in [7, 11) is 0. The van der Waals surface area contributed by atoms with Crippen LogP contribution in [0, 0.1) is 5.92 Å². The number of H-pyrrole nitrogens is 1. The third-order valence-electron chi connectivity index (χ3n) is 3.14. The van der Waals surface area contributed by atoms with E-state index >= 15 is 0 Å². The Labute approximate surface area is 131 Å². The van der Waals surface area contributed by atoms with Crippen molar-refractivity contribution in [3.63, 3.8) is 0 Å². The number of nitrogens with zero attached hydrogens (tertiary/aromatic N) is 1. The van der Waals surface area contributed by atoms with E-state index in [-0.39, 0.29) is 18.5 Å². The molecule has 22 heavy (non-hydrogen) atoms. The standard InChI is InChI=1S/C15H19N3O3S/c1-10(2)8-11(12-4-3-7-22-12)16-14(20)9-18-6-5-13(19)17-15(18)21/h3-7,10-11H,8-9H2,1-2H3,(H,16,20)(H,17,19,21). The molecule has 1 unspecified atom stereocenters. The molecule has 2 heterocycles. The zero-order valence-corrected chi connectivity index (χ0v) is 13.4. The molecule has 2 aromatic rings. The van der Waals surface area contributed by atoms with Crippen LogP contribution in [0.4, 0.5) is 0 Å². The molecule has 0 saturated heterocycles. The van der Waals surface area contributed by atoms with E-state index in [0.717, 1.165) is 11.3 Å². The first kappa shape index (κ1) is 16.2. The summed E-state index contributed by atoms with van der Waals surface area (Å²) in [5, 5.41) is 4.93. The molecule has 0 saturated carbocycles. The summed E-state index contributed by atoms with van der Waals surface area (Å²) in [6.07, 6.45) is 2.15. The third-order valence-corrected chi connectivity index (χ3v) is 4.13. The molecule has 0 aliphatic carbocycles. The Morgan fingerprint density at radius 3 is 2.73 bits per heavy atom. The summed E-state index contributed by atoms with van der Waals surface area (Å²) in [5.41, 5.74) is -1.06. The lowest BCUT2D eigenvalue weighted by molar-refractivity contribution is -0.122. The summed E-state index contributed by atoms with van der Waals surface area (Å²) >= 11 is 1.60. The second-order valence-electron chi connectivity index (χ2n) is 5.50. The van der Waals surface area contributed by atoms with Crippen molar-refractivity contribution in [2.75, 3.05) is 0 Å². The Balaban J connectivity index is 2.08. The molecule has 6 nitrogen and oxygen atoms in total. The van der Waals surface area contributed by atoms with Crippen molar-refractivity contribution in [2.24, 2.45) is 5.92 Å². The Hall–Kier alpha value is -2.15. The summed E-state index contributed by atoms with van der Waals surface area (Å²) in [6, 6.07) is 5.10. The zero-order valence-electron chi connectivity index (χ0n) is 12.5. The van der Waals surface area contributed by atoms with Crippen molar-refractivity contribution in [1.82, 2.24) is 14.9 Å². The van der Waals surface area contributed by atoms with E-state index in [1.165, 1.54) is 16.8 Å². The minimum absolute atomic E-state index is 0.0639. The minimum Gasteiger partial charge on any atom is -0.347 e. The Kier molecular flexibility index (Phi) is 5.32. The van der Waals surface area contributed by atoms with E-state index < -0.39 is 11.2 Å². The van der Waals surface area contributed by atoms with Crippen LogP contribution in [0.3, 0.4) is 0 Å². The maximum Gasteiger partial charge on any atom is 0.328 e. The van der Waals surface area contributed by atoms with Gasteiger partial charge in [0.25, 0.3) is 5.56 Å². The lowest BCUT2D eigenvalue weighted by Crippen LogP contribution is -2.37. The Morgan fingerprint density at radius 2 is 2.14 bits per heavy atom. The van der Waals surface area contributed by atoms with E-state index in [2.05, 4.69) is 24.1 Å². The lowest BCUT2D eigenvalue weighted by atomic mass is 10.0. The van der Waals surface area contributed by atoms with Gasteiger partial charge >= 0.3 is 5.69 Å². The van der Waals surface area contributed by atoms with Gasteiger partial charge in [-0.2, -0.15) is 0 Å². The molecule has 118 valence electrons. The molecule has 2 aromatic heterocycles. The molecule has 7 heteroatoms. The Morgan fingerprint density at radius 1 is 1.36 bits per heavy atom. The molecular formula is C15H19N3O3S. The largest absolute Gasteiger partial charge is 0.347 e. The van der Waals surface area contributed by atoms with Gasteiger partial charge in [-0.25, -0.2) is 4.79 Å². The fourth-order valence-electron chi connectivity index (χ4n) is 2.17. The monoisotopic (exact) mass is 321 g/mol. The topological polar surface area (TPSA) is 84.0 Å². The number of thiophene rings is 1. The second kappa shape index (κ2) is 7.22. The fraction of sp³-hybridized carbons (Fsp3) is 0.400. The van der Waals surface area contributed by atoms with Crippen molar-refractivity contribution >= 4 is 17.2 Å². The number of nitrogens with one attached hydrogen (secondary N) is 2. The molecule has 1 amide bonds. The number of carbonyl (C=O) groups excluding carboxylic acids is 1. The van der Waals surface area contributed by atoms with Crippen molar-refractivity contribution in [2.45, 2.75) is 32.9 Å². The summed E-state index contributed by atoms with van der Waals surface area (Å²) in [5.74, 6) is 0.177. The highest BCUT2D eigenvalue weighted by atomic mass is 32.1. The SMILES string of the molecule is CC(C)CC(NC(=O)Cn1ccc(=O)[nH]c1=O)c1cccs1. The molecule has 0 fully saturated rings. The lowest BCUT2D eigenvalue weighted by Gasteiger charge is -2.19. The van der Waals surface area contributed by atoms with Crippen LogP contribution in [-0.4, -0.2) is 15.5 Å². The molecule has 2 rings (SSSR count). The van der Waals surface area contributed by atoms with E-state index in [1.807, 2.05) is 17.5 Å². The van der Waals surface area contributed by atoms with Crippen LogP contribution in [0.5, 0.6) is 0 Å². The van der Waals surface area contributed by atoms with Gasteiger partial charge < -0.3 is 5.32 Å². The van der Waals surface area contributed by atoms with Crippen molar-refractivity contribution < 1.29 is 4.79 Å². The summed E-state index contributed by atoms with van der Waals surface area (Å²) in [4.78, 5) is 38.0. The average Bonchev–Trinajstić information content (AvgIpc) is 2.95. The maximum absolute atomic E-state index is 12.2. The number of hydrogen-bond acceptors (Lipinski definition) is 4. The summed E-state index contributed by atoms with van der Waals surface area (Å²) < 4.78 is 1.18. The quantitative estimate of drug-likeness (QED) is 0.845. The van der Waals surface area contributed by atoms with Crippen LogP contribution < -0.4 is 16.6 Å². The number of carbonyl (C=O) groups is 1. The molecule has 0 aliphatic rings. The molecule has 0 aliphatic heterocycles. The third kappa shape index (κ3) is 4.42. The second-order valence-corrected chi connectivity index (χ2v) is 6.48. The van der Waals surface area contributed by atoms with Crippen LogP contribution >= 0.6 is 11.3 Å². The van der Waals surface area contributed by atoms with Crippen LogP contribution in [0.2, 0.25) is 0 Å². The Bertz CT molecular complexity index is 731. The van der Waals surface area contributed by atoms with Gasteiger partial charge in [0.2, 0.25) is 5.91 Å². The molecule has 0 aromatic carbocycles. The first-order valence-corrected chi connectivity index (χ1v) is 7.96. The van der Waals surface area contributed by atoms with Crippen molar-refractivity contribution in [3.8, 4) is 0 Å². The van der Waals surface area contributed by atoms with Gasteiger partial charge in [-0.05, 0) is 23.8 Å². The number of rotatable bonds is 6. The smallest absolute Gasteiger partial charge is 0.328 e. The van der Waals surface area contributed by atoms with Crippen LogP contribution in [-0.2, 0) is 11.3 Å². The van der Waals surface area contributed by atoms with Gasteiger partial charge in [0.05, 0.1) is 6.04 Å². The van der Waals surface area contributed by atoms with E-state index in [9.17, 15) is 14.4 Å². The molecule has 2 N–H and O–H groups in total. The van der Waals surface area contributed by atoms with E-state index in [4.69, 9.17) is 0 Å². The van der Waals surface area contributed by atoms with Crippen LogP contribution in [0.25, 0.3) is 0 Å². The first-order valence-electron chi connectivity index (χ1n) is 7.08. The first-order chi connectivity index (χ1) is 10.5. The zero-order chi connectivity index (χ0) is 16.1. The highest BCUT2D eigenvalue weighted by Crippen LogP contribution is 2.25. The van der Waals surface area contributed by atoms with E-state index in [1.54, 1.807) is 11.3 Å². The molecule has 0 bridgehead atoms. The number of hydrogen-bond donors (Lipinski definition) is 2. The van der Waals surface area contributed by atoms with Gasteiger partial charge in [0.15, 0.2) is 0 Å². The number of aromatic nitrogens is 2.